The summed E-state index contributed by atoms with van der Waals surface area (Å²) >= 11 is 0. The van der Waals surface area contributed by atoms with Crippen LogP contribution in [-0.4, -0.2) is 29.6 Å². The number of hydrogen-bond acceptors (Lipinski definition) is 5. The number of hydrogen-bond donors (Lipinski definition) is 0. The van der Waals surface area contributed by atoms with Gasteiger partial charge >= 0.3 is 5.97 Å². The van der Waals surface area contributed by atoms with Gasteiger partial charge in [-0.2, -0.15) is 0 Å². The number of fused-ring (bicyclic) bond motifs is 2. The van der Waals surface area contributed by atoms with Gasteiger partial charge in [0, 0.05) is 6.42 Å². The quantitative estimate of drug-likeness (QED) is 0.770. The average molecular weight is 255 g/mol. The number of nitrogens with zero attached hydrogens (tertiary/aromatic N) is 3. The molecule has 1 aromatic rings. The summed E-state index contributed by atoms with van der Waals surface area (Å²) in [6.45, 7) is 2.19. The second-order valence-corrected chi connectivity index (χ2v) is 4.35. The molecule has 1 aromatic heterocycles. The number of aromatic nitrogens is 1. The Morgan fingerprint density at radius 3 is 3.16 bits per heavy atom. The topological polar surface area (TPSA) is 63.9 Å². The van der Waals surface area contributed by atoms with E-state index in [-0.39, 0.29) is 12.4 Å². The second kappa shape index (κ2) is 4.76. The highest BCUT2D eigenvalue weighted by Crippen LogP contribution is 2.24. The monoisotopic (exact) mass is 255 g/mol. The van der Waals surface area contributed by atoms with Crippen molar-refractivity contribution >= 4 is 24.1 Å². The zero-order chi connectivity index (χ0) is 13.2. The molecule has 0 fully saturated rings. The van der Waals surface area contributed by atoms with E-state index in [1.54, 1.807) is 13.3 Å². The number of aliphatic imine (C=N–C) groups is 2. The van der Waals surface area contributed by atoms with Crippen LogP contribution in [0.1, 0.15) is 23.9 Å². The van der Waals surface area contributed by atoms with Crippen LogP contribution in [0, 0.1) is 0 Å². The number of pyridine rings is 1. The molecule has 2 aliphatic rings. The molecule has 2 heterocycles. The molecule has 0 unspecified atom stereocenters. The minimum absolute atomic E-state index is 0.209. The van der Waals surface area contributed by atoms with Gasteiger partial charge in [-0.15, -0.1) is 0 Å². The standard InChI is InChI=1S/C14H13N3O2/c1-2-19-14(18)6-10-4-3-9-5-12-13(16-8-15-12)7-11(9)17-10/h3-5,8H,2,6-7H2,1H3. The Morgan fingerprint density at radius 2 is 2.32 bits per heavy atom. The predicted molar refractivity (Wildman–Crippen MR) is 72.2 cm³/mol. The number of carbonyl (C=O) groups is 1. The van der Waals surface area contributed by atoms with Crippen LogP contribution in [0.25, 0.3) is 6.08 Å². The maximum absolute atomic E-state index is 11.4. The SMILES string of the molecule is CCOC(=O)Cc1ccc2c(n1)CC1=NC=NC1=C2. The van der Waals surface area contributed by atoms with E-state index in [0.717, 1.165) is 28.4 Å². The van der Waals surface area contributed by atoms with Crippen LogP contribution in [0.2, 0.25) is 0 Å². The van der Waals surface area contributed by atoms with Gasteiger partial charge in [-0.3, -0.25) is 9.78 Å². The van der Waals surface area contributed by atoms with E-state index in [0.29, 0.717) is 13.0 Å². The lowest BCUT2D eigenvalue weighted by atomic mass is 9.98. The van der Waals surface area contributed by atoms with E-state index in [1.807, 2.05) is 18.2 Å². The van der Waals surface area contributed by atoms with Crippen molar-refractivity contribution in [3.63, 3.8) is 0 Å². The van der Waals surface area contributed by atoms with Crippen LogP contribution in [0.5, 0.6) is 0 Å². The van der Waals surface area contributed by atoms with Crippen molar-refractivity contribution in [2.45, 2.75) is 19.8 Å². The van der Waals surface area contributed by atoms with Gasteiger partial charge in [0.25, 0.3) is 0 Å². The molecular formula is C14H13N3O2. The van der Waals surface area contributed by atoms with Crippen LogP contribution in [-0.2, 0) is 22.4 Å². The molecular weight excluding hydrogens is 242 g/mol. The first kappa shape index (κ1) is 11.8. The minimum Gasteiger partial charge on any atom is -0.466 e. The highest BCUT2D eigenvalue weighted by molar-refractivity contribution is 6.13. The molecule has 96 valence electrons. The number of ether oxygens (including phenoxy) is 1. The average Bonchev–Trinajstić information content (AvgIpc) is 2.83. The van der Waals surface area contributed by atoms with Gasteiger partial charge in [0.2, 0.25) is 0 Å². The van der Waals surface area contributed by atoms with Gasteiger partial charge in [0.05, 0.1) is 35.8 Å². The lowest BCUT2D eigenvalue weighted by molar-refractivity contribution is -0.142. The lowest BCUT2D eigenvalue weighted by Crippen LogP contribution is -2.14. The molecule has 0 radical (unpaired) electrons. The van der Waals surface area contributed by atoms with Gasteiger partial charge in [0.15, 0.2) is 0 Å². The Balaban J connectivity index is 1.84. The summed E-state index contributed by atoms with van der Waals surface area (Å²) < 4.78 is 4.92. The smallest absolute Gasteiger partial charge is 0.311 e. The first-order valence-electron chi connectivity index (χ1n) is 6.22. The Hall–Kier alpha value is -2.30. The predicted octanol–water partition coefficient (Wildman–Crippen LogP) is 1.57. The van der Waals surface area contributed by atoms with Gasteiger partial charge in [-0.25, -0.2) is 9.98 Å². The van der Waals surface area contributed by atoms with E-state index in [1.165, 1.54) is 0 Å². The third-order valence-electron chi connectivity index (χ3n) is 3.03. The summed E-state index contributed by atoms with van der Waals surface area (Å²) in [6, 6.07) is 3.82. The Kier molecular flexibility index (Phi) is 2.95. The summed E-state index contributed by atoms with van der Waals surface area (Å²) in [5.41, 5.74) is 4.56. The van der Waals surface area contributed by atoms with E-state index >= 15 is 0 Å². The summed E-state index contributed by atoms with van der Waals surface area (Å²) in [5.74, 6) is -0.247. The molecule has 1 aliphatic heterocycles. The molecule has 1 aliphatic carbocycles. The van der Waals surface area contributed by atoms with Crippen LogP contribution >= 0.6 is 0 Å². The van der Waals surface area contributed by atoms with Crippen molar-refractivity contribution in [2.24, 2.45) is 9.98 Å². The van der Waals surface area contributed by atoms with E-state index in [9.17, 15) is 4.79 Å². The first-order valence-corrected chi connectivity index (χ1v) is 6.22. The molecule has 19 heavy (non-hydrogen) atoms. The molecule has 0 bridgehead atoms. The van der Waals surface area contributed by atoms with Gasteiger partial charge in [-0.1, -0.05) is 6.07 Å². The van der Waals surface area contributed by atoms with E-state index in [2.05, 4.69) is 15.0 Å². The van der Waals surface area contributed by atoms with Crippen molar-refractivity contribution in [3.8, 4) is 0 Å². The number of carbonyl (C=O) groups excluding carboxylic acids is 1. The fourth-order valence-electron chi connectivity index (χ4n) is 2.15. The Labute approximate surface area is 110 Å². The fourth-order valence-corrected chi connectivity index (χ4v) is 2.15. The highest BCUT2D eigenvalue weighted by Gasteiger charge is 2.20. The van der Waals surface area contributed by atoms with E-state index < -0.39 is 0 Å². The summed E-state index contributed by atoms with van der Waals surface area (Å²) in [7, 11) is 0. The van der Waals surface area contributed by atoms with Crippen LogP contribution in [0.4, 0.5) is 0 Å². The van der Waals surface area contributed by atoms with Crippen molar-refractivity contribution in [1.29, 1.82) is 0 Å². The molecule has 0 saturated heterocycles. The normalized spacial score (nSPS) is 15.4. The molecule has 3 rings (SSSR count). The zero-order valence-electron chi connectivity index (χ0n) is 10.6. The van der Waals surface area contributed by atoms with Crippen LogP contribution < -0.4 is 0 Å². The Bertz CT molecular complexity index is 630. The van der Waals surface area contributed by atoms with Crippen LogP contribution in [0.15, 0.2) is 27.8 Å². The van der Waals surface area contributed by atoms with Gasteiger partial charge in [-0.05, 0) is 24.6 Å². The lowest BCUT2D eigenvalue weighted by Gasteiger charge is -2.13. The van der Waals surface area contributed by atoms with Crippen molar-refractivity contribution in [1.82, 2.24) is 4.98 Å². The van der Waals surface area contributed by atoms with Crippen molar-refractivity contribution in [2.75, 3.05) is 6.61 Å². The highest BCUT2D eigenvalue weighted by atomic mass is 16.5. The van der Waals surface area contributed by atoms with Gasteiger partial charge in [0.1, 0.15) is 6.34 Å². The zero-order valence-corrected chi connectivity index (χ0v) is 10.6. The molecule has 0 spiro atoms. The maximum Gasteiger partial charge on any atom is 0.311 e. The first-order chi connectivity index (χ1) is 9.26. The van der Waals surface area contributed by atoms with Crippen molar-refractivity contribution < 1.29 is 9.53 Å². The third kappa shape index (κ3) is 2.31. The molecule has 0 atom stereocenters. The molecule has 0 N–H and O–H groups in total. The maximum atomic E-state index is 11.4. The number of allylic oxidation sites excluding steroid dienone is 1. The number of esters is 1. The molecule has 0 amide bonds. The summed E-state index contributed by atoms with van der Waals surface area (Å²) in [6.07, 6.45) is 4.41. The minimum atomic E-state index is -0.247. The molecule has 5 heteroatoms. The van der Waals surface area contributed by atoms with Crippen molar-refractivity contribution in [3.05, 3.63) is 34.8 Å². The fraction of sp³-hybridized carbons (Fsp3) is 0.286. The number of rotatable bonds is 3. The summed E-state index contributed by atoms with van der Waals surface area (Å²) in [5, 5.41) is 0. The second-order valence-electron chi connectivity index (χ2n) is 4.35. The summed E-state index contributed by atoms with van der Waals surface area (Å²) in [4.78, 5) is 24.3. The van der Waals surface area contributed by atoms with Crippen LogP contribution in [0.3, 0.4) is 0 Å². The van der Waals surface area contributed by atoms with E-state index in [4.69, 9.17) is 4.74 Å². The molecule has 0 aromatic carbocycles. The largest absolute Gasteiger partial charge is 0.466 e. The third-order valence-corrected chi connectivity index (χ3v) is 3.03. The molecule has 5 nitrogen and oxygen atoms in total. The van der Waals surface area contributed by atoms with Gasteiger partial charge < -0.3 is 4.74 Å². The molecule has 0 saturated carbocycles. The Morgan fingerprint density at radius 1 is 1.42 bits per heavy atom.